The molecule has 5 aromatic heterocycles. The number of imide groups is 1. The van der Waals surface area contributed by atoms with E-state index in [0.29, 0.717) is 70.0 Å². The van der Waals surface area contributed by atoms with E-state index >= 15 is 0 Å². The third-order valence-corrected chi connectivity index (χ3v) is 12.2. The van der Waals surface area contributed by atoms with Gasteiger partial charge >= 0.3 is 0 Å². The number of amides is 6. The van der Waals surface area contributed by atoms with Crippen molar-refractivity contribution in [3.63, 3.8) is 0 Å². The maximum atomic E-state index is 13.9. The van der Waals surface area contributed by atoms with Crippen molar-refractivity contribution in [3.05, 3.63) is 82.8 Å². The number of methoxy groups -OCH3 is 1. The lowest BCUT2D eigenvalue weighted by Crippen LogP contribution is -2.41. The van der Waals surface area contributed by atoms with E-state index in [4.69, 9.17) is 40.3 Å². The number of aryl methyl sites for hydroxylation is 4. The van der Waals surface area contributed by atoms with Crippen LogP contribution in [0.5, 0.6) is 11.5 Å². The SMILES string of the molecule is CCC(=O)N(CCC(=O)N(C)CCCOc1cc(C(N)=O)cc2nc(NC(=O)c3oc(C)nc3CC)n(C/C=C/Cn3c4nc(-c5cc(C)nn5CC)ncc4c4cc(C(N)=O)cc(OC)c43)c12)C(=O)C(C)C. The molecule has 0 saturated carbocycles. The molecule has 73 heavy (non-hydrogen) atoms. The van der Waals surface area contributed by atoms with E-state index in [1.165, 1.54) is 24.1 Å². The normalized spacial score (nSPS) is 11.6. The van der Waals surface area contributed by atoms with Gasteiger partial charge in [-0.1, -0.05) is 39.8 Å². The summed E-state index contributed by atoms with van der Waals surface area (Å²) in [5, 5.41) is 8.78. The number of fused-ring (bicyclic) bond motifs is 4. The number of anilines is 1. The number of allylic oxidation sites excluding steroid dienone is 2. The number of imidazole rings is 1. The molecule has 2 aromatic carbocycles. The number of ether oxygens (including phenoxy) is 2. The molecule has 0 radical (unpaired) electrons. The van der Waals surface area contributed by atoms with Crippen LogP contribution in [-0.4, -0.2) is 118 Å². The fourth-order valence-corrected chi connectivity index (χ4v) is 8.56. The van der Waals surface area contributed by atoms with Gasteiger partial charge in [-0.2, -0.15) is 5.10 Å². The Kier molecular flexibility index (Phi) is 16.0. The molecule has 384 valence electrons. The van der Waals surface area contributed by atoms with Crippen molar-refractivity contribution in [2.75, 3.05) is 39.2 Å². The van der Waals surface area contributed by atoms with E-state index in [9.17, 15) is 28.8 Å². The van der Waals surface area contributed by atoms with Crippen LogP contribution < -0.4 is 26.3 Å². The quantitative estimate of drug-likeness (QED) is 0.0540. The monoisotopic (exact) mass is 999 g/mol. The van der Waals surface area contributed by atoms with Crippen LogP contribution in [0.25, 0.3) is 44.5 Å². The Bertz CT molecular complexity index is 3300. The molecule has 0 aliphatic heterocycles. The van der Waals surface area contributed by atoms with E-state index in [1.807, 2.05) is 48.2 Å². The fraction of sp³-hybridized carbons (Fsp3) is 0.392. The maximum absolute atomic E-state index is 13.9. The number of nitrogens with one attached hydrogen (secondary N) is 1. The first-order valence-electron chi connectivity index (χ1n) is 24.1. The number of oxazole rings is 1. The minimum atomic E-state index is -0.737. The van der Waals surface area contributed by atoms with Gasteiger partial charge in [0.05, 0.1) is 36.1 Å². The largest absolute Gasteiger partial charge is 0.495 e. The van der Waals surface area contributed by atoms with Gasteiger partial charge in [0.2, 0.25) is 41.2 Å². The van der Waals surface area contributed by atoms with Gasteiger partial charge in [-0.05, 0) is 57.0 Å². The maximum Gasteiger partial charge on any atom is 0.295 e. The van der Waals surface area contributed by atoms with Crippen LogP contribution in [0.3, 0.4) is 0 Å². The summed E-state index contributed by atoms with van der Waals surface area (Å²) in [5.41, 5.74) is 15.8. The Hall–Kier alpha value is -8.43. The molecular weight excluding hydrogens is 939 g/mol. The highest BCUT2D eigenvalue weighted by molar-refractivity contribution is 6.12. The molecule has 0 aliphatic carbocycles. The van der Waals surface area contributed by atoms with Crippen molar-refractivity contribution < 1.29 is 42.7 Å². The average Bonchev–Trinajstić information content (AvgIpc) is 4.13. The van der Waals surface area contributed by atoms with Crippen LogP contribution >= 0.6 is 0 Å². The van der Waals surface area contributed by atoms with Crippen LogP contribution in [0.15, 0.2) is 53.1 Å². The molecule has 5 heterocycles. The van der Waals surface area contributed by atoms with E-state index in [2.05, 4.69) is 15.4 Å². The number of hydrogen-bond acceptors (Lipinski definition) is 14. The number of carbonyl (C=O) groups is 6. The van der Waals surface area contributed by atoms with Crippen molar-refractivity contribution in [2.45, 2.75) is 93.8 Å². The number of nitrogens with two attached hydrogens (primary N) is 2. The molecule has 0 bridgehead atoms. The lowest BCUT2D eigenvalue weighted by atomic mass is 10.1. The molecule has 0 unspecified atom stereocenters. The van der Waals surface area contributed by atoms with Crippen molar-refractivity contribution >= 4 is 74.4 Å². The molecular formula is C51H61N13O9. The third kappa shape index (κ3) is 11.1. The van der Waals surface area contributed by atoms with E-state index in [1.54, 1.807) is 57.6 Å². The predicted octanol–water partition coefficient (Wildman–Crippen LogP) is 5.74. The molecule has 0 atom stereocenters. The molecule has 7 aromatic rings. The number of carbonyl (C=O) groups excluding carboxylic acids is 6. The summed E-state index contributed by atoms with van der Waals surface area (Å²) >= 11 is 0. The van der Waals surface area contributed by atoms with Crippen molar-refractivity contribution in [1.82, 2.24) is 48.7 Å². The highest BCUT2D eigenvalue weighted by Crippen LogP contribution is 2.37. The minimum Gasteiger partial charge on any atom is -0.495 e. The Morgan fingerprint density at radius 1 is 0.849 bits per heavy atom. The first-order chi connectivity index (χ1) is 34.9. The molecule has 0 fully saturated rings. The van der Waals surface area contributed by atoms with E-state index in [0.717, 1.165) is 16.3 Å². The number of benzene rings is 2. The predicted molar refractivity (Wildman–Crippen MR) is 272 cm³/mol. The van der Waals surface area contributed by atoms with Gasteiger partial charge in [-0.15, -0.1) is 0 Å². The lowest BCUT2D eigenvalue weighted by Gasteiger charge is -2.24. The van der Waals surface area contributed by atoms with Crippen LogP contribution in [0, 0.1) is 19.8 Å². The summed E-state index contributed by atoms with van der Waals surface area (Å²) in [4.78, 5) is 99.0. The van der Waals surface area contributed by atoms with Gasteiger partial charge < -0.3 is 39.4 Å². The number of hydrogen-bond donors (Lipinski definition) is 3. The third-order valence-electron chi connectivity index (χ3n) is 12.2. The second-order valence-electron chi connectivity index (χ2n) is 17.7. The summed E-state index contributed by atoms with van der Waals surface area (Å²) in [6, 6.07) is 8.20. The van der Waals surface area contributed by atoms with Crippen molar-refractivity contribution in [3.8, 4) is 23.0 Å². The van der Waals surface area contributed by atoms with Crippen molar-refractivity contribution in [2.24, 2.45) is 17.4 Å². The highest BCUT2D eigenvalue weighted by atomic mass is 16.5. The molecule has 7 rings (SSSR count). The van der Waals surface area contributed by atoms with E-state index < -0.39 is 23.6 Å². The summed E-state index contributed by atoms with van der Waals surface area (Å²) in [6.45, 7) is 13.7. The number of primary amides is 2. The minimum absolute atomic E-state index is 0.0246. The van der Waals surface area contributed by atoms with Gasteiger partial charge in [0.25, 0.3) is 5.91 Å². The number of aromatic nitrogens is 8. The molecule has 5 N–H and O–H groups in total. The molecule has 22 nitrogen and oxygen atoms in total. The summed E-state index contributed by atoms with van der Waals surface area (Å²) in [5.74, 6) is -1.79. The van der Waals surface area contributed by atoms with Gasteiger partial charge in [0.1, 0.15) is 28.4 Å². The summed E-state index contributed by atoms with van der Waals surface area (Å²) in [6.07, 6.45) is 6.35. The lowest BCUT2D eigenvalue weighted by molar-refractivity contribution is -0.147. The van der Waals surface area contributed by atoms with Crippen molar-refractivity contribution in [1.29, 1.82) is 0 Å². The molecule has 22 heteroatoms. The number of nitrogens with zero attached hydrogens (tertiary/aromatic N) is 10. The molecule has 0 saturated heterocycles. The van der Waals surface area contributed by atoms with Gasteiger partial charge in [-0.25, -0.2) is 19.9 Å². The first-order valence-corrected chi connectivity index (χ1v) is 24.1. The second kappa shape index (κ2) is 22.3. The number of rotatable bonds is 22. The van der Waals surface area contributed by atoms with Gasteiger partial charge in [0, 0.05) is 93.6 Å². The molecule has 0 spiro atoms. The van der Waals surface area contributed by atoms with Crippen LogP contribution in [0.1, 0.15) is 102 Å². The van der Waals surface area contributed by atoms with Crippen LogP contribution in [0.4, 0.5) is 5.95 Å². The smallest absolute Gasteiger partial charge is 0.295 e. The Morgan fingerprint density at radius 2 is 1.55 bits per heavy atom. The topological polar surface area (TPSA) is 284 Å². The summed E-state index contributed by atoms with van der Waals surface area (Å²) < 4.78 is 23.4. The Labute approximate surface area is 420 Å². The zero-order valence-corrected chi connectivity index (χ0v) is 42.6. The standard InChI is InChI=1S/C51H61N13O9/c1-10-35-44(73-30(7)55-35)49(69)58-51-56-36-24-32(46(53)68)26-39(72-21-15-17-60(8)41(66)16-20-61(40(65)11-2)50(70)28(4)5)43(36)63(51)19-14-13-18-62-42-33(23-31(45(52)67)25-38(42)71-9)34-27-54-47(57-48(34)62)37-22-29(6)59-64(37)12-3/h13-14,22-28H,10-12,15-21H2,1-9H3,(H2,52,67)(H2,53,68)(H,56,58,69)/b14-13+. The first kappa shape index (κ1) is 52.4. The highest BCUT2D eigenvalue weighted by Gasteiger charge is 2.26. The fourth-order valence-electron chi connectivity index (χ4n) is 8.56. The van der Waals surface area contributed by atoms with Gasteiger partial charge in [-0.3, -0.25) is 43.7 Å². The van der Waals surface area contributed by atoms with Crippen LogP contribution in [0.2, 0.25) is 0 Å². The Balaban J connectivity index is 1.23. The molecule has 0 aliphatic rings. The Morgan fingerprint density at radius 3 is 2.21 bits per heavy atom. The van der Waals surface area contributed by atoms with E-state index in [-0.39, 0.29) is 97.5 Å². The summed E-state index contributed by atoms with van der Waals surface area (Å²) in [7, 11) is 3.13. The average molecular weight is 1000 g/mol. The second-order valence-corrected chi connectivity index (χ2v) is 17.7. The van der Waals surface area contributed by atoms with Crippen LogP contribution in [-0.2, 0) is 40.4 Å². The molecule has 6 amide bonds. The zero-order chi connectivity index (χ0) is 52.8. The zero-order valence-electron chi connectivity index (χ0n) is 42.6. The van der Waals surface area contributed by atoms with Gasteiger partial charge in [0.15, 0.2) is 11.7 Å².